The van der Waals surface area contributed by atoms with E-state index < -0.39 is 23.0 Å². The Kier molecular flexibility index (Phi) is 12.5. The minimum absolute atomic E-state index is 0. The number of aliphatic hydroxyl groups excluding tert-OH is 1. The fourth-order valence-electron chi connectivity index (χ4n) is 10.9. The number of ether oxygens (including phenoxy) is 1. The molecule has 0 spiro atoms. The Morgan fingerprint density at radius 2 is 1.83 bits per heavy atom. The summed E-state index contributed by atoms with van der Waals surface area (Å²) in [6.07, 6.45) is 8.61. The van der Waals surface area contributed by atoms with Crippen molar-refractivity contribution in [3.63, 3.8) is 0 Å². The lowest BCUT2D eigenvalue weighted by atomic mass is 9.44. The number of nitrogens with zero attached hydrogens (tertiary/aromatic N) is 7. The number of hydrogen-bond acceptors (Lipinski definition) is 11. The van der Waals surface area contributed by atoms with Crippen LogP contribution in [-0.2, 0) is 25.7 Å². The molecule has 5 aliphatic rings. The van der Waals surface area contributed by atoms with Crippen molar-refractivity contribution in [2.75, 3.05) is 44.2 Å². The number of imidazole rings is 1. The van der Waals surface area contributed by atoms with Crippen LogP contribution in [0.2, 0.25) is 0 Å². The van der Waals surface area contributed by atoms with E-state index in [1.54, 1.807) is 12.7 Å². The second-order valence-electron chi connectivity index (χ2n) is 17.3. The molecule has 4 heterocycles. The van der Waals surface area contributed by atoms with E-state index in [9.17, 15) is 19.5 Å². The number of aliphatic hydroxyl groups is 1. The zero-order valence-electron chi connectivity index (χ0n) is 32.5. The molecule has 3 N–H and O–H groups in total. The van der Waals surface area contributed by atoms with E-state index in [1.807, 2.05) is 29.4 Å². The largest absolute Gasteiger partial charge is 0.461 e. The minimum atomic E-state index is -0.698. The highest BCUT2D eigenvalue weighted by Gasteiger charge is 2.68. The summed E-state index contributed by atoms with van der Waals surface area (Å²) in [4.78, 5) is 60.7. The first-order valence-corrected chi connectivity index (χ1v) is 19.4. The number of halogens is 2. The summed E-state index contributed by atoms with van der Waals surface area (Å²) in [5.74, 6) is 0.595. The van der Waals surface area contributed by atoms with Crippen molar-refractivity contribution in [3.05, 3.63) is 25.3 Å². The molecular formula is C39H60Cl2N8O5. The number of fused-ring (bicyclic) bond motifs is 1. The average molecular weight is 792 g/mol. The summed E-state index contributed by atoms with van der Waals surface area (Å²) in [5.41, 5.74) is 6.01. The predicted molar refractivity (Wildman–Crippen MR) is 211 cm³/mol. The van der Waals surface area contributed by atoms with Crippen molar-refractivity contribution in [2.45, 2.75) is 110 Å². The number of amides is 1. The smallest absolute Gasteiger partial charge is 0.320 e. The first-order valence-electron chi connectivity index (χ1n) is 19.4. The highest BCUT2D eigenvalue weighted by molar-refractivity contribution is 5.86. The Labute approximate surface area is 331 Å². The van der Waals surface area contributed by atoms with Crippen LogP contribution in [-0.4, -0.2) is 116 Å². The van der Waals surface area contributed by atoms with Crippen LogP contribution < -0.4 is 10.6 Å². The van der Waals surface area contributed by atoms with E-state index in [2.05, 4.69) is 52.1 Å². The van der Waals surface area contributed by atoms with Crippen LogP contribution in [0.3, 0.4) is 0 Å². The third kappa shape index (κ3) is 7.05. The van der Waals surface area contributed by atoms with Crippen molar-refractivity contribution in [1.82, 2.24) is 29.3 Å². The standard InChI is InChI=1S/C39H58N8O5.2ClH/c1-7-37(5)18-29(38(6)24(2)8-12-39(26(4)34(37)51)13-9-28(48)33(38)39)52-31(50)21-44-16-17-45(19-25(44)3)30(49)11-15-47-23-43-32-35(41-22-42-36(32)47)46-14-10-27(40)20-46;;/h7,22-27,29,33-34,51H,1,8-21,40H2,2-6H3;2*1H/t24-,25?,26+,27?,29-,33-,34+,37-,38+,39+;;/m1../s1. The Morgan fingerprint density at radius 1 is 1.07 bits per heavy atom. The van der Waals surface area contributed by atoms with Gasteiger partial charge in [0.25, 0.3) is 0 Å². The molecule has 7 rings (SSSR count). The molecule has 2 aromatic heterocycles. The maximum absolute atomic E-state index is 13.9. The molecular weight excluding hydrogens is 731 g/mol. The number of rotatable bonds is 8. The quantitative estimate of drug-likeness (QED) is 0.294. The Morgan fingerprint density at radius 3 is 2.52 bits per heavy atom. The van der Waals surface area contributed by atoms with Gasteiger partial charge in [-0.15, -0.1) is 31.4 Å². The van der Waals surface area contributed by atoms with Crippen LogP contribution in [0, 0.1) is 34.0 Å². The number of piperazine rings is 1. The van der Waals surface area contributed by atoms with E-state index >= 15 is 0 Å². The second kappa shape index (κ2) is 16.0. The topological polar surface area (TPSA) is 160 Å². The number of nitrogens with two attached hydrogens (primary N) is 1. The van der Waals surface area contributed by atoms with E-state index in [0.29, 0.717) is 51.1 Å². The van der Waals surface area contributed by atoms with Gasteiger partial charge in [-0.05, 0) is 56.3 Å². The van der Waals surface area contributed by atoms with Gasteiger partial charge in [-0.25, -0.2) is 15.0 Å². The van der Waals surface area contributed by atoms with Gasteiger partial charge in [0.1, 0.15) is 18.2 Å². The van der Waals surface area contributed by atoms with Crippen LogP contribution in [0.1, 0.15) is 79.6 Å². The number of ketones is 1. The van der Waals surface area contributed by atoms with Crippen molar-refractivity contribution >= 4 is 59.5 Å². The molecule has 2 aromatic rings. The van der Waals surface area contributed by atoms with E-state index in [-0.39, 0.29) is 84.3 Å². The highest BCUT2D eigenvalue weighted by atomic mass is 35.5. The van der Waals surface area contributed by atoms with Gasteiger partial charge in [-0.1, -0.05) is 33.8 Å². The molecule has 0 radical (unpaired) electrons. The molecule has 10 atom stereocenters. The van der Waals surface area contributed by atoms with E-state index in [0.717, 1.165) is 50.1 Å². The molecule has 300 valence electrons. The SMILES string of the molecule is C=C[C@]1(C)C[C@@H](OC(=O)CN2CCN(C(=O)CCn3cnc4c(N5CCC(N)C5)ncnc43)CC2C)[C@]2(C)[C@H](C)CC[C@]3(CCC(=O)[C@@H]32)[C@@H](C)[C@@H]1O.Cl.Cl. The molecule has 2 saturated heterocycles. The molecule has 3 saturated carbocycles. The Balaban J connectivity index is 0.00000280. The van der Waals surface area contributed by atoms with Gasteiger partial charge >= 0.3 is 5.97 Å². The van der Waals surface area contributed by atoms with Gasteiger partial charge in [0.05, 0.1) is 19.0 Å². The molecule has 54 heavy (non-hydrogen) atoms. The summed E-state index contributed by atoms with van der Waals surface area (Å²) < 4.78 is 8.42. The second-order valence-corrected chi connectivity index (χ2v) is 17.3. The summed E-state index contributed by atoms with van der Waals surface area (Å²) >= 11 is 0. The van der Waals surface area contributed by atoms with Crippen molar-refractivity contribution in [2.24, 2.45) is 39.7 Å². The van der Waals surface area contributed by atoms with Crippen LogP contribution >= 0.6 is 24.8 Å². The molecule has 1 amide bonds. The van der Waals surface area contributed by atoms with Gasteiger partial charge in [0, 0.05) is 80.9 Å². The van der Waals surface area contributed by atoms with Crippen LogP contribution in [0.15, 0.2) is 25.3 Å². The Hall–Kier alpha value is -2.84. The maximum atomic E-state index is 13.9. The molecule has 15 heteroatoms. The molecule has 13 nitrogen and oxygen atoms in total. The fraction of sp³-hybridized carbons (Fsp3) is 0.744. The molecule has 0 aromatic carbocycles. The number of aromatic nitrogens is 4. The van der Waals surface area contributed by atoms with Gasteiger partial charge in [-0.3, -0.25) is 19.3 Å². The average Bonchev–Trinajstić information content (AvgIpc) is 3.85. The van der Waals surface area contributed by atoms with Crippen LogP contribution in [0.4, 0.5) is 5.82 Å². The van der Waals surface area contributed by atoms with E-state index in [1.165, 1.54) is 0 Å². The Bertz CT molecular complexity index is 1730. The van der Waals surface area contributed by atoms with Crippen LogP contribution in [0.25, 0.3) is 11.2 Å². The first-order chi connectivity index (χ1) is 24.7. The van der Waals surface area contributed by atoms with Gasteiger partial charge in [0.15, 0.2) is 17.0 Å². The number of anilines is 1. The number of carbonyl (C=O) groups is 3. The lowest BCUT2D eigenvalue weighted by Gasteiger charge is -2.61. The number of carbonyl (C=O) groups excluding carboxylic acids is 3. The van der Waals surface area contributed by atoms with Crippen molar-refractivity contribution in [3.8, 4) is 0 Å². The monoisotopic (exact) mass is 790 g/mol. The number of Topliss-reactive ketones (excluding diaryl/α,β-unsaturated/α-hetero) is 1. The van der Waals surface area contributed by atoms with Gasteiger partial charge < -0.3 is 29.9 Å². The molecule has 2 unspecified atom stereocenters. The summed E-state index contributed by atoms with van der Waals surface area (Å²) in [7, 11) is 0. The molecule has 2 bridgehead atoms. The third-order valence-electron chi connectivity index (χ3n) is 14.5. The molecule has 5 fully saturated rings. The normalized spacial score (nSPS) is 36.8. The summed E-state index contributed by atoms with van der Waals surface area (Å²) in [6.45, 7) is 18.4. The van der Waals surface area contributed by atoms with Crippen molar-refractivity contribution in [1.29, 1.82) is 0 Å². The number of esters is 1. The minimum Gasteiger partial charge on any atom is -0.461 e. The third-order valence-corrected chi connectivity index (χ3v) is 14.5. The first kappa shape index (κ1) is 42.3. The summed E-state index contributed by atoms with van der Waals surface area (Å²) in [6, 6.07) is 0.0728. The van der Waals surface area contributed by atoms with Gasteiger partial charge in [-0.2, -0.15) is 0 Å². The number of aryl methyl sites for hydroxylation is 1. The lowest BCUT2D eigenvalue weighted by Crippen LogP contribution is -2.63. The fourth-order valence-corrected chi connectivity index (χ4v) is 10.9. The van der Waals surface area contributed by atoms with E-state index in [4.69, 9.17) is 10.5 Å². The predicted octanol–water partition coefficient (Wildman–Crippen LogP) is 4.04. The molecule has 2 aliphatic heterocycles. The zero-order valence-corrected chi connectivity index (χ0v) is 34.1. The number of hydrogen-bond donors (Lipinski definition) is 2. The summed E-state index contributed by atoms with van der Waals surface area (Å²) in [5, 5.41) is 11.8. The van der Waals surface area contributed by atoms with Gasteiger partial charge in [0.2, 0.25) is 5.91 Å². The zero-order chi connectivity index (χ0) is 37.2. The maximum Gasteiger partial charge on any atom is 0.320 e. The lowest BCUT2D eigenvalue weighted by molar-refractivity contribution is -0.207. The molecule has 3 aliphatic carbocycles. The highest BCUT2D eigenvalue weighted by Crippen LogP contribution is 2.68. The van der Waals surface area contributed by atoms with Crippen LogP contribution in [0.5, 0.6) is 0 Å². The van der Waals surface area contributed by atoms with Crippen molar-refractivity contribution < 1.29 is 24.2 Å².